The molecule has 0 saturated carbocycles. The fraction of sp³-hybridized carbons (Fsp3) is 0.0833. The molecule has 0 bridgehead atoms. The van der Waals surface area contributed by atoms with E-state index in [9.17, 15) is 0 Å². The first kappa shape index (κ1) is 10.9. The molecule has 0 aliphatic heterocycles. The molecule has 0 amide bonds. The second kappa shape index (κ2) is 4.96. The summed E-state index contributed by atoms with van der Waals surface area (Å²) in [5.41, 5.74) is 6.58. The Bertz CT molecular complexity index is 471. The number of benzene rings is 1. The SMILES string of the molecule is NCc1ccc(Oc2ccnc(Cl)c2)cc1. The van der Waals surface area contributed by atoms with E-state index in [1.165, 1.54) is 0 Å². The third kappa shape index (κ3) is 2.72. The number of hydrogen-bond acceptors (Lipinski definition) is 3. The maximum absolute atomic E-state index is 5.75. The summed E-state index contributed by atoms with van der Waals surface area (Å²) in [5.74, 6) is 1.42. The maximum Gasteiger partial charge on any atom is 0.132 e. The van der Waals surface area contributed by atoms with Crippen molar-refractivity contribution in [2.75, 3.05) is 0 Å². The fourth-order valence-electron chi connectivity index (χ4n) is 1.28. The van der Waals surface area contributed by atoms with Gasteiger partial charge in [0.1, 0.15) is 16.7 Å². The van der Waals surface area contributed by atoms with Crippen molar-refractivity contribution in [3.8, 4) is 11.5 Å². The Morgan fingerprint density at radius 3 is 2.50 bits per heavy atom. The number of hydrogen-bond donors (Lipinski definition) is 1. The number of halogens is 1. The minimum Gasteiger partial charge on any atom is -0.457 e. The number of pyridine rings is 1. The Kier molecular flexibility index (Phi) is 3.39. The molecule has 4 heteroatoms. The average Bonchev–Trinajstić information content (AvgIpc) is 2.30. The zero-order valence-corrected chi connectivity index (χ0v) is 9.32. The van der Waals surface area contributed by atoms with E-state index in [2.05, 4.69) is 4.98 Å². The predicted octanol–water partition coefficient (Wildman–Crippen LogP) is 2.99. The predicted molar refractivity (Wildman–Crippen MR) is 63.7 cm³/mol. The van der Waals surface area contributed by atoms with Gasteiger partial charge in [0.15, 0.2) is 0 Å². The molecular formula is C12H11ClN2O. The number of ether oxygens (including phenoxy) is 1. The standard InChI is InChI=1S/C12H11ClN2O/c13-12-7-11(5-6-15-12)16-10-3-1-9(8-14)2-4-10/h1-7H,8,14H2. The van der Waals surface area contributed by atoms with Crippen molar-refractivity contribution in [2.24, 2.45) is 5.73 Å². The van der Waals surface area contributed by atoms with Crippen molar-refractivity contribution in [3.63, 3.8) is 0 Å². The van der Waals surface area contributed by atoms with Crippen LogP contribution in [0, 0.1) is 0 Å². The summed E-state index contributed by atoms with van der Waals surface area (Å²) in [5, 5.41) is 0.413. The van der Waals surface area contributed by atoms with Gasteiger partial charge >= 0.3 is 0 Å². The van der Waals surface area contributed by atoms with E-state index >= 15 is 0 Å². The lowest BCUT2D eigenvalue weighted by molar-refractivity contribution is 0.482. The Labute approximate surface area is 98.8 Å². The van der Waals surface area contributed by atoms with Crippen molar-refractivity contribution >= 4 is 11.6 Å². The van der Waals surface area contributed by atoms with E-state index in [0.717, 1.165) is 11.3 Å². The minimum absolute atomic E-state index is 0.413. The third-order valence-corrected chi connectivity index (χ3v) is 2.30. The lowest BCUT2D eigenvalue weighted by atomic mass is 10.2. The highest BCUT2D eigenvalue weighted by Gasteiger charge is 1.98. The van der Waals surface area contributed by atoms with Gasteiger partial charge in [0.05, 0.1) is 0 Å². The largest absolute Gasteiger partial charge is 0.457 e. The van der Waals surface area contributed by atoms with Crippen molar-refractivity contribution in [3.05, 3.63) is 53.3 Å². The molecule has 0 atom stereocenters. The summed E-state index contributed by atoms with van der Waals surface area (Å²) in [6.45, 7) is 0.529. The number of nitrogens with zero attached hydrogens (tertiary/aromatic N) is 1. The molecule has 3 nitrogen and oxygen atoms in total. The van der Waals surface area contributed by atoms with Gasteiger partial charge < -0.3 is 10.5 Å². The summed E-state index contributed by atoms with van der Waals surface area (Å²) in [6, 6.07) is 11.0. The molecule has 2 rings (SSSR count). The molecule has 0 aliphatic rings. The molecular weight excluding hydrogens is 224 g/mol. The Morgan fingerprint density at radius 2 is 1.88 bits per heavy atom. The molecule has 0 spiro atoms. The summed E-state index contributed by atoms with van der Waals surface area (Å²) in [4.78, 5) is 3.88. The first-order valence-corrected chi connectivity index (χ1v) is 5.24. The van der Waals surface area contributed by atoms with Gasteiger partial charge in [0.25, 0.3) is 0 Å². The van der Waals surface area contributed by atoms with Crippen molar-refractivity contribution in [1.29, 1.82) is 0 Å². The zero-order valence-electron chi connectivity index (χ0n) is 8.56. The molecule has 1 aromatic heterocycles. The van der Waals surface area contributed by atoms with E-state index < -0.39 is 0 Å². The maximum atomic E-state index is 5.75. The van der Waals surface area contributed by atoms with Crippen molar-refractivity contribution < 1.29 is 4.74 Å². The molecule has 0 fully saturated rings. The lowest BCUT2D eigenvalue weighted by Gasteiger charge is -2.06. The summed E-state index contributed by atoms with van der Waals surface area (Å²) in [6.07, 6.45) is 1.60. The van der Waals surface area contributed by atoms with E-state index in [0.29, 0.717) is 17.4 Å². The van der Waals surface area contributed by atoms with Crippen LogP contribution in [0.5, 0.6) is 11.5 Å². The van der Waals surface area contributed by atoms with Crippen molar-refractivity contribution in [2.45, 2.75) is 6.54 Å². The number of nitrogens with two attached hydrogens (primary N) is 1. The summed E-state index contributed by atoms with van der Waals surface area (Å²) in [7, 11) is 0. The van der Waals surface area contributed by atoms with Crippen LogP contribution in [0.2, 0.25) is 5.15 Å². The molecule has 2 aromatic rings. The topological polar surface area (TPSA) is 48.1 Å². The summed E-state index contributed by atoms with van der Waals surface area (Å²) >= 11 is 5.75. The lowest BCUT2D eigenvalue weighted by Crippen LogP contribution is -1.95. The molecule has 0 aliphatic carbocycles. The molecule has 16 heavy (non-hydrogen) atoms. The van der Waals surface area contributed by atoms with Gasteiger partial charge in [0.2, 0.25) is 0 Å². The number of aromatic nitrogens is 1. The van der Waals surface area contributed by atoms with Gasteiger partial charge in [-0.3, -0.25) is 0 Å². The van der Waals surface area contributed by atoms with Crippen LogP contribution in [-0.4, -0.2) is 4.98 Å². The molecule has 1 aromatic carbocycles. The second-order valence-electron chi connectivity index (χ2n) is 3.26. The van der Waals surface area contributed by atoms with E-state index in [4.69, 9.17) is 22.1 Å². The van der Waals surface area contributed by atoms with Gasteiger partial charge in [-0.15, -0.1) is 0 Å². The number of rotatable bonds is 3. The Morgan fingerprint density at radius 1 is 1.12 bits per heavy atom. The molecule has 0 radical (unpaired) electrons. The first-order valence-electron chi connectivity index (χ1n) is 4.86. The Balaban J connectivity index is 2.14. The monoisotopic (exact) mass is 234 g/mol. The van der Waals surface area contributed by atoms with Gasteiger partial charge in [-0.25, -0.2) is 4.98 Å². The smallest absolute Gasteiger partial charge is 0.132 e. The minimum atomic E-state index is 0.413. The van der Waals surface area contributed by atoms with Gasteiger partial charge in [0, 0.05) is 18.8 Å². The average molecular weight is 235 g/mol. The second-order valence-corrected chi connectivity index (χ2v) is 3.65. The quantitative estimate of drug-likeness (QED) is 0.831. The zero-order chi connectivity index (χ0) is 11.4. The molecule has 2 N–H and O–H groups in total. The van der Waals surface area contributed by atoms with Crippen LogP contribution >= 0.6 is 11.6 Å². The molecule has 1 heterocycles. The van der Waals surface area contributed by atoms with E-state index in [1.807, 2.05) is 24.3 Å². The fourth-order valence-corrected chi connectivity index (χ4v) is 1.44. The van der Waals surface area contributed by atoms with Gasteiger partial charge in [-0.2, -0.15) is 0 Å². The highest BCUT2D eigenvalue weighted by molar-refractivity contribution is 6.29. The molecule has 0 saturated heterocycles. The van der Waals surface area contributed by atoms with Gasteiger partial charge in [-0.05, 0) is 23.8 Å². The van der Waals surface area contributed by atoms with E-state index in [1.54, 1.807) is 18.3 Å². The molecule has 0 unspecified atom stereocenters. The normalized spacial score (nSPS) is 10.1. The van der Waals surface area contributed by atoms with Crippen LogP contribution in [0.3, 0.4) is 0 Å². The molecule has 82 valence electrons. The van der Waals surface area contributed by atoms with Crippen LogP contribution in [0.25, 0.3) is 0 Å². The van der Waals surface area contributed by atoms with Crippen molar-refractivity contribution in [1.82, 2.24) is 4.98 Å². The van der Waals surface area contributed by atoms with Crippen LogP contribution in [0.1, 0.15) is 5.56 Å². The highest BCUT2D eigenvalue weighted by atomic mass is 35.5. The van der Waals surface area contributed by atoms with E-state index in [-0.39, 0.29) is 0 Å². The summed E-state index contributed by atoms with van der Waals surface area (Å²) < 4.78 is 5.59. The van der Waals surface area contributed by atoms with Gasteiger partial charge in [-0.1, -0.05) is 23.7 Å². The third-order valence-electron chi connectivity index (χ3n) is 2.09. The van der Waals surface area contributed by atoms with Crippen LogP contribution in [0.4, 0.5) is 0 Å². The van der Waals surface area contributed by atoms with Crippen LogP contribution < -0.4 is 10.5 Å². The van der Waals surface area contributed by atoms with Crippen LogP contribution in [0.15, 0.2) is 42.6 Å². The highest BCUT2D eigenvalue weighted by Crippen LogP contribution is 2.22. The first-order chi connectivity index (χ1) is 7.78. The Hall–Kier alpha value is -1.58. The van der Waals surface area contributed by atoms with Crippen LogP contribution in [-0.2, 0) is 6.54 Å².